The van der Waals surface area contributed by atoms with Gasteiger partial charge in [-0.25, -0.2) is 13.1 Å². The number of benzene rings is 2. The highest BCUT2D eigenvalue weighted by atomic mass is 32.2. The first-order valence-corrected chi connectivity index (χ1v) is 11.5. The van der Waals surface area contributed by atoms with E-state index in [0.717, 1.165) is 24.9 Å². The first-order chi connectivity index (χ1) is 14.3. The van der Waals surface area contributed by atoms with Crippen molar-refractivity contribution in [2.75, 3.05) is 53.4 Å². The van der Waals surface area contributed by atoms with Gasteiger partial charge in [-0.1, -0.05) is 12.1 Å². The lowest BCUT2D eigenvalue weighted by molar-refractivity contribution is 0.299. The van der Waals surface area contributed by atoms with E-state index in [1.807, 2.05) is 19.0 Å². The van der Waals surface area contributed by atoms with Gasteiger partial charge in [-0.15, -0.1) is 0 Å². The lowest BCUT2D eigenvalue weighted by Gasteiger charge is -2.30. The number of nitrogens with zero attached hydrogens (tertiary/aromatic N) is 2. The van der Waals surface area contributed by atoms with Crippen LogP contribution >= 0.6 is 0 Å². The predicted molar refractivity (Wildman–Crippen MR) is 119 cm³/mol. The molecule has 7 nitrogen and oxygen atoms in total. The molecule has 0 fully saturated rings. The molecule has 0 radical (unpaired) electrons. The summed E-state index contributed by atoms with van der Waals surface area (Å²) in [7, 11) is 5.33. The van der Waals surface area contributed by atoms with Gasteiger partial charge in [-0.2, -0.15) is 0 Å². The molecule has 30 heavy (non-hydrogen) atoms. The van der Waals surface area contributed by atoms with Crippen molar-refractivity contribution in [2.24, 2.45) is 0 Å². The number of methoxy groups -OCH3 is 2. The number of ether oxygens (including phenoxy) is 2. The molecule has 0 bridgehead atoms. The van der Waals surface area contributed by atoms with Crippen molar-refractivity contribution in [3.63, 3.8) is 0 Å². The average molecular weight is 434 g/mol. The Labute approximate surface area is 179 Å². The highest BCUT2D eigenvalue weighted by Crippen LogP contribution is 2.31. The number of hydrogen-bond acceptors (Lipinski definition) is 6. The van der Waals surface area contributed by atoms with Gasteiger partial charge in [0.05, 0.1) is 19.1 Å². The molecule has 0 spiro atoms. The normalized spacial score (nSPS) is 15.1. The third-order valence-corrected chi connectivity index (χ3v) is 7.02. The third kappa shape index (κ3) is 4.71. The maximum atomic E-state index is 12.9. The number of aryl methyl sites for hydroxylation is 1. The van der Waals surface area contributed by atoms with Crippen LogP contribution in [0.1, 0.15) is 23.6 Å². The molecular weight excluding hydrogens is 402 g/mol. The van der Waals surface area contributed by atoms with Crippen molar-refractivity contribution in [3.05, 3.63) is 47.5 Å². The molecule has 2 aromatic rings. The highest BCUT2D eigenvalue weighted by molar-refractivity contribution is 7.89. The van der Waals surface area contributed by atoms with E-state index < -0.39 is 10.0 Å². The molecule has 1 atom stereocenters. The molecule has 0 amide bonds. The molecule has 1 aliphatic heterocycles. The Morgan fingerprint density at radius 2 is 1.83 bits per heavy atom. The second-order valence-electron chi connectivity index (χ2n) is 7.76. The summed E-state index contributed by atoms with van der Waals surface area (Å²) < 4.78 is 39.0. The number of rotatable bonds is 8. The standard InChI is InChI=1S/C22H31N3O4S/c1-24(2)20(17-8-10-19-16(13-17)7-6-12-25(19)3)15-23-30(26,27)18-9-11-21(28-4)22(14-18)29-5/h8-11,13-14,20,23H,6-7,12,15H2,1-5H3/t20-/m0/s1. The lowest BCUT2D eigenvalue weighted by Crippen LogP contribution is -2.35. The fourth-order valence-corrected chi connectivity index (χ4v) is 4.92. The van der Waals surface area contributed by atoms with Crippen LogP contribution in [-0.2, 0) is 16.4 Å². The van der Waals surface area contributed by atoms with E-state index >= 15 is 0 Å². The molecule has 0 aliphatic carbocycles. The number of sulfonamides is 1. The number of hydrogen-bond donors (Lipinski definition) is 1. The van der Waals surface area contributed by atoms with Gasteiger partial charge in [0.15, 0.2) is 11.5 Å². The van der Waals surface area contributed by atoms with Crippen LogP contribution in [0.5, 0.6) is 11.5 Å². The summed E-state index contributed by atoms with van der Waals surface area (Å²) in [4.78, 5) is 4.45. The molecule has 0 aromatic heterocycles. The molecule has 1 heterocycles. The van der Waals surface area contributed by atoms with Crippen LogP contribution < -0.4 is 19.1 Å². The summed E-state index contributed by atoms with van der Waals surface area (Å²) in [6, 6.07) is 10.9. The summed E-state index contributed by atoms with van der Waals surface area (Å²) in [5.74, 6) is 0.866. The van der Waals surface area contributed by atoms with Crippen LogP contribution in [0.15, 0.2) is 41.3 Å². The molecule has 1 N–H and O–H groups in total. The zero-order valence-corrected chi connectivity index (χ0v) is 19.1. The Bertz CT molecular complexity index is 992. The van der Waals surface area contributed by atoms with E-state index in [9.17, 15) is 8.42 Å². The van der Waals surface area contributed by atoms with Crippen molar-refractivity contribution in [3.8, 4) is 11.5 Å². The lowest BCUT2D eigenvalue weighted by atomic mass is 9.96. The Morgan fingerprint density at radius 1 is 1.10 bits per heavy atom. The minimum atomic E-state index is -3.70. The van der Waals surface area contributed by atoms with Crippen molar-refractivity contribution >= 4 is 15.7 Å². The van der Waals surface area contributed by atoms with Crippen molar-refractivity contribution in [2.45, 2.75) is 23.8 Å². The van der Waals surface area contributed by atoms with Gasteiger partial charge in [-0.05, 0) is 56.3 Å². The smallest absolute Gasteiger partial charge is 0.240 e. The molecule has 0 saturated carbocycles. The van der Waals surface area contributed by atoms with E-state index in [1.54, 1.807) is 6.07 Å². The van der Waals surface area contributed by atoms with Crippen LogP contribution in [0, 0.1) is 0 Å². The van der Waals surface area contributed by atoms with E-state index in [4.69, 9.17) is 9.47 Å². The minimum absolute atomic E-state index is 0.0857. The predicted octanol–water partition coefficient (Wildman–Crippen LogP) is 2.67. The molecule has 2 aromatic carbocycles. The number of nitrogens with one attached hydrogen (secondary N) is 1. The summed E-state index contributed by atoms with van der Waals surface area (Å²) >= 11 is 0. The van der Waals surface area contributed by atoms with Crippen LogP contribution in [0.2, 0.25) is 0 Å². The maximum absolute atomic E-state index is 12.9. The Hall–Kier alpha value is -2.29. The molecule has 164 valence electrons. The molecule has 3 rings (SSSR count). The van der Waals surface area contributed by atoms with Crippen molar-refractivity contribution in [1.29, 1.82) is 0 Å². The molecular formula is C22H31N3O4S. The molecule has 0 unspecified atom stereocenters. The van der Waals surface area contributed by atoms with Crippen LogP contribution in [0.3, 0.4) is 0 Å². The zero-order chi connectivity index (χ0) is 21.9. The van der Waals surface area contributed by atoms with Gasteiger partial charge in [0, 0.05) is 37.9 Å². The fourth-order valence-electron chi connectivity index (χ4n) is 3.87. The van der Waals surface area contributed by atoms with Crippen molar-refractivity contribution < 1.29 is 17.9 Å². The number of anilines is 1. The van der Waals surface area contributed by atoms with Crippen LogP contribution in [-0.4, -0.2) is 61.8 Å². The molecule has 8 heteroatoms. The van der Waals surface area contributed by atoms with E-state index in [2.05, 4.69) is 34.9 Å². The Kier molecular flexibility index (Phi) is 6.90. The van der Waals surface area contributed by atoms with Crippen molar-refractivity contribution in [1.82, 2.24) is 9.62 Å². The van der Waals surface area contributed by atoms with E-state index in [-0.39, 0.29) is 17.5 Å². The second kappa shape index (κ2) is 9.24. The average Bonchev–Trinajstić information content (AvgIpc) is 2.73. The van der Waals surface area contributed by atoms with Gasteiger partial charge in [-0.3, -0.25) is 0 Å². The SMILES string of the molecule is COc1ccc(S(=O)(=O)NC[C@@H](c2ccc3c(c2)CCCN3C)N(C)C)cc1OC. The molecule has 0 saturated heterocycles. The van der Waals surface area contributed by atoms with Gasteiger partial charge >= 0.3 is 0 Å². The topological polar surface area (TPSA) is 71.1 Å². The Morgan fingerprint density at radius 3 is 2.50 bits per heavy atom. The van der Waals surface area contributed by atoms with E-state index in [0.29, 0.717) is 11.5 Å². The molecule has 1 aliphatic rings. The summed E-state index contributed by atoms with van der Waals surface area (Å²) in [5, 5.41) is 0. The first kappa shape index (κ1) is 22.4. The van der Waals surface area contributed by atoms with Crippen LogP contribution in [0.4, 0.5) is 5.69 Å². The minimum Gasteiger partial charge on any atom is -0.493 e. The summed E-state index contributed by atoms with van der Waals surface area (Å²) in [5.41, 5.74) is 3.67. The fraction of sp³-hybridized carbons (Fsp3) is 0.455. The third-order valence-electron chi connectivity index (χ3n) is 5.59. The monoisotopic (exact) mass is 433 g/mol. The number of fused-ring (bicyclic) bond motifs is 1. The Balaban J connectivity index is 1.81. The number of likely N-dealkylation sites (N-methyl/N-ethyl adjacent to an activating group) is 1. The highest BCUT2D eigenvalue weighted by Gasteiger charge is 2.23. The second-order valence-corrected chi connectivity index (χ2v) is 9.53. The van der Waals surface area contributed by atoms with Gasteiger partial charge in [0.1, 0.15) is 0 Å². The maximum Gasteiger partial charge on any atom is 0.240 e. The summed E-state index contributed by atoms with van der Waals surface area (Å²) in [6.07, 6.45) is 2.18. The first-order valence-electron chi connectivity index (χ1n) is 9.99. The zero-order valence-electron chi connectivity index (χ0n) is 18.3. The van der Waals surface area contributed by atoms with Gasteiger partial charge in [0.2, 0.25) is 10.0 Å². The summed E-state index contributed by atoms with van der Waals surface area (Å²) in [6.45, 7) is 1.33. The largest absolute Gasteiger partial charge is 0.493 e. The quantitative estimate of drug-likeness (QED) is 0.690. The van der Waals surface area contributed by atoms with Gasteiger partial charge < -0.3 is 19.3 Å². The van der Waals surface area contributed by atoms with E-state index in [1.165, 1.54) is 37.6 Å². The van der Waals surface area contributed by atoms with Crippen LogP contribution in [0.25, 0.3) is 0 Å². The van der Waals surface area contributed by atoms with Gasteiger partial charge in [0.25, 0.3) is 0 Å².